The molecule has 2 rings (SSSR count). The number of nitrogens with zero attached hydrogens (tertiary/aromatic N) is 2. The predicted octanol–water partition coefficient (Wildman–Crippen LogP) is 1.22. The number of ether oxygens (including phenoxy) is 2. The summed E-state index contributed by atoms with van der Waals surface area (Å²) >= 11 is 0. The molecule has 2 saturated heterocycles. The van der Waals surface area contributed by atoms with E-state index in [1.165, 1.54) is 9.80 Å². The predicted molar refractivity (Wildman–Crippen MR) is 114 cm³/mol. The van der Waals surface area contributed by atoms with Crippen LogP contribution in [0.25, 0.3) is 0 Å². The second-order valence-electron chi connectivity index (χ2n) is 8.59. The first-order chi connectivity index (χ1) is 15.3. The molecule has 32 heavy (non-hydrogen) atoms. The van der Waals surface area contributed by atoms with Crippen LogP contribution in [-0.4, -0.2) is 96.4 Å². The molecule has 3 unspecified atom stereocenters. The maximum atomic E-state index is 13.2. The molecule has 2 fully saturated rings. The van der Waals surface area contributed by atoms with E-state index in [-0.39, 0.29) is 11.8 Å². The molecule has 0 bridgehead atoms. The summed E-state index contributed by atoms with van der Waals surface area (Å²) in [5.41, 5.74) is 0. The summed E-state index contributed by atoms with van der Waals surface area (Å²) in [6, 6.07) is -1.61. The van der Waals surface area contributed by atoms with Crippen molar-refractivity contribution in [3.63, 3.8) is 0 Å². The zero-order valence-corrected chi connectivity index (χ0v) is 19.0. The number of likely N-dealkylation sites (tertiary alicyclic amines) is 2. The third-order valence-corrected chi connectivity index (χ3v) is 6.54. The highest BCUT2D eigenvalue weighted by Crippen LogP contribution is 2.28. The quantitative estimate of drug-likeness (QED) is 0.423. The molecule has 10 heteroatoms. The average Bonchev–Trinajstić information content (AvgIpc) is 3.44. The van der Waals surface area contributed by atoms with Crippen LogP contribution in [0.4, 0.5) is 0 Å². The van der Waals surface area contributed by atoms with Crippen LogP contribution in [0, 0.1) is 11.8 Å². The van der Waals surface area contributed by atoms with Gasteiger partial charge in [0.05, 0.1) is 0 Å². The van der Waals surface area contributed by atoms with Crippen LogP contribution in [0.15, 0.2) is 0 Å². The molecule has 4 atom stereocenters. The number of aliphatic carboxylic acids is 2. The minimum atomic E-state index is -0.997. The Bertz CT molecular complexity index is 614. The lowest BCUT2D eigenvalue weighted by molar-refractivity contribution is -0.151. The largest absolute Gasteiger partial charge is 0.480 e. The third kappa shape index (κ3) is 6.65. The Labute approximate surface area is 188 Å². The average molecular weight is 457 g/mol. The lowest BCUT2D eigenvalue weighted by Gasteiger charge is -2.29. The van der Waals surface area contributed by atoms with Crippen LogP contribution < -0.4 is 0 Å². The Morgan fingerprint density at radius 1 is 0.750 bits per heavy atom. The number of amides is 2. The van der Waals surface area contributed by atoms with Gasteiger partial charge in [-0.05, 0) is 51.4 Å². The van der Waals surface area contributed by atoms with Crippen molar-refractivity contribution in [3.05, 3.63) is 0 Å². The summed E-state index contributed by atoms with van der Waals surface area (Å²) in [5, 5.41) is 18.9. The molecule has 0 saturated carbocycles. The fraction of sp³-hybridized carbons (Fsp3) is 0.818. The van der Waals surface area contributed by atoms with Crippen LogP contribution in [0.2, 0.25) is 0 Å². The van der Waals surface area contributed by atoms with Crippen molar-refractivity contribution in [2.45, 2.75) is 63.5 Å². The minimum Gasteiger partial charge on any atom is -0.480 e. The molecule has 0 radical (unpaired) electrons. The van der Waals surface area contributed by atoms with Crippen LogP contribution in [0.3, 0.4) is 0 Å². The van der Waals surface area contributed by atoms with Crippen LogP contribution in [0.5, 0.6) is 0 Å². The number of carbonyl (C=O) groups is 4. The molecule has 182 valence electrons. The Hall–Kier alpha value is -2.20. The van der Waals surface area contributed by atoms with Crippen LogP contribution in [0.1, 0.15) is 51.4 Å². The molecule has 0 aliphatic carbocycles. The van der Waals surface area contributed by atoms with Gasteiger partial charge in [0, 0.05) is 52.4 Å². The molecule has 2 aliphatic heterocycles. The van der Waals surface area contributed by atoms with Gasteiger partial charge in [0.2, 0.25) is 11.8 Å². The van der Waals surface area contributed by atoms with Crippen molar-refractivity contribution in [1.82, 2.24) is 9.80 Å². The van der Waals surface area contributed by atoms with Crippen molar-refractivity contribution in [2.24, 2.45) is 11.8 Å². The minimum absolute atomic E-state index is 0.213. The van der Waals surface area contributed by atoms with Gasteiger partial charge in [-0.1, -0.05) is 0 Å². The van der Waals surface area contributed by atoms with Crippen molar-refractivity contribution in [1.29, 1.82) is 0 Å². The fourth-order valence-corrected chi connectivity index (χ4v) is 4.75. The van der Waals surface area contributed by atoms with Gasteiger partial charge in [-0.3, -0.25) is 9.59 Å². The van der Waals surface area contributed by atoms with Gasteiger partial charge >= 0.3 is 11.9 Å². The highest BCUT2D eigenvalue weighted by molar-refractivity contribution is 5.87. The normalized spacial score (nSPS) is 22.7. The third-order valence-electron chi connectivity index (χ3n) is 6.54. The smallest absolute Gasteiger partial charge is 0.326 e. The molecular weight excluding hydrogens is 420 g/mol. The molecule has 10 nitrogen and oxygen atoms in total. The summed E-state index contributed by atoms with van der Waals surface area (Å²) in [6.07, 6.45) is 3.86. The molecule has 0 aromatic rings. The van der Waals surface area contributed by atoms with E-state index >= 15 is 0 Å². The van der Waals surface area contributed by atoms with E-state index in [0.717, 1.165) is 0 Å². The Morgan fingerprint density at radius 2 is 1.12 bits per heavy atom. The van der Waals surface area contributed by atoms with Crippen molar-refractivity contribution < 1.29 is 38.9 Å². The highest BCUT2D eigenvalue weighted by atomic mass is 16.5. The first kappa shape index (κ1) is 26.1. The molecule has 2 amide bonds. The van der Waals surface area contributed by atoms with Gasteiger partial charge < -0.3 is 29.5 Å². The van der Waals surface area contributed by atoms with E-state index in [2.05, 4.69) is 0 Å². The first-order valence-corrected chi connectivity index (χ1v) is 11.4. The van der Waals surface area contributed by atoms with Gasteiger partial charge in [0.1, 0.15) is 12.1 Å². The number of hydrogen-bond donors (Lipinski definition) is 2. The van der Waals surface area contributed by atoms with Gasteiger partial charge in [-0.25, -0.2) is 9.59 Å². The monoisotopic (exact) mass is 456 g/mol. The Kier molecular flexibility index (Phi) is 10.4. The summed E-state index contributed by atoms with van der Waals surface area (Å²) < 4.78 is 10.3. The number of rotatable bonds is 13. The maximum Gasteiger partial charge on any atom is 0.326 e. The van der Waals surface area contributed by atoms with Gasteiger partial charge in [-0.15, -0.1) is 0 Å². The van der Waals surface area contributed by atoms with Crippen LogP contribution in [-0.2, 0) is 28.7 Å². The lowest BCUT2D eigenvalue weighted by Crippen LogP contribution is -2.45. The number of carboxylic acids is 2. The molecule has 2 N–H and O–H groups in total. The topological polar surface area (TPSA) is 134 Å². The SMILES string of the molecule is COCCC(CCC(CCOC)C(=O)N1CCC[C@@H]1C(=O)O)C(=O)N1CCCC1C(=O)O. The second-order valence-corrected chi connectivity index (χ2v) is 8.59. The molecule has 0 aromatic carbocycles. The Morgan fingerprint density at radius 3 is 1.44 bits per heavy atom. The number of carbonyl (C=O) groups excluding carboxylic acids is 2. The zero-order chi connectivity index (χ0) is 23.7. The number of carboxylic acid groups (broad SMARTS) is 2. The summed E-state index contributed by atoms with van der Waals surface area (Å²) in [6.45, 7) is 1.54. The molecule has 0 spiro atoms. The van der Waals surface area contributed by atoms with Crippen molar-refractivity contribution in [2.75, 3.05) is 40.5 Å². The summed E-state index contributed by atoms with van der Waals surface area (Å²) in [7, 11) is 3.09. The second kappa shape index (κ2) is 12.7. The highest BCUT2D eigenvalue weighted by Gasteiger charge is 2.39. The number of hydrogen-bond acceptors (Lipinski definition) is 6. The Balaban J connectivity index is 2.10. The van der Waals surface area contributed by atoms with Crippen molar-refractivity contribution in [3.8, 4) is 0 Å². The van der Waals surface area contributed by atoms with Crippen LogP contribution >= 0.6 is 0 Å². The maximum absolute atomic E-state index is 13.2. The van der Waals surface area contributed by atoms with E-state index in [4.69, 9.17) is 9.47 Å². The molecular formula is C22H36N2O8. The van der Waals surface area contributed by atoms with E-state index in [0.29, 0.717) is 77.7 Å². The summed E-state index contributed by atoms with van der Waals surface area (Å²) in [5.74, 6) is -3.33. The fourth-order valence-electron chi connectivity index (χ4n) is 4.75. The van der Waals surface area contributed by atoms with Crippen molar-refractivity contribution >= 4 is 23.8 Å². The molecule has 2 heterocycles. The molecule has 2 aliphatic rings. The van der Waals surface area contributed by atoms with Gasteiger partial charge in [-0.2, -0.15) is 0 Å². The van der Waals surface area contributed by atoms with Gasteiger partial charge in [0.15, 0.2) is 0 Å². The van der Waals surface area contributed by atoms with E-state index < -0.39 is 35.9 Å². The van der Waals surface area contributed by atoms with Gasteiger partial charge in [0.25, 0.3) is 0 Å². The van der Waals surface area contributed by atoms with E-state index in [1.54, 1.807) is 14.2 Å². The first-order valence-electron chi connectivity index (χ1n) is 11.4. The molecule has 0 aromatic heterocycles. The summed E-state index contributed by atoms with van der Waals surface area (Å²) in [4.78, 5) is 52.3. The zero-order valence-electron chi connectivity index (χ0n) is 19.0. The van der Waals surface area contributed by atoms with E-state index in [9.17, 15) is 29.4 Å². The number of methoxy groups -OCH3 is 2. The standard InChI is InChI=1S/C22H36N2O8/c1-31-13-9-15(19(25)23-11-3-5-17(23)21(27)28)7-8-16(10-14-32-2)20(26)24-12-4-6-18(24)22(29)30/h15-18H,3-14H2,1-2H3,(H,27,28)(H,29,30)/t15?,16?,17-,18?/m1/s1. The van der Waals surface area contributed by atoms with E-state index in [1.807, 2.05) is 0 Å². The lowest BCUT2D eigenvalue weighted by atomic mass is 9.89.